The SMILES string of the molecule is CSCC[C@H](NC(=O)[C@@H](NC(=O)[C@@H](N)CC(C)C)C(C)C)C(=O)N[C@@H](CCCCN)C(=O)N[C@@H](CCC(N)=O)C(=O)N[C@@H](CCCN=C(N)N)C(=O)O. The second-order valence-electron chi connectivity index (χ2n) is 13.6. The molecule has 0 saturated heterocycles. The number of nitrogens with one attached hydrogen (secondary N) is 5. The van der Waals surface area contributed by atoms with E-state index in [-0.39, 0.29) is 62.9 Å². The third-order valence-corrected chi connectivity index (χ3v) is 8.65. The van der Waals surface area contributed by atoms with Gasteiger partial charge in [-0.3, -0.25) is 33.8 Å². The van der Waals surface area contributed by atoms with Crippen LogP contribution in [-0.2, 0) is 33.6 Å². The summed E-state index contributed by atoms with van der Waals surface area (Å²) in [5.41, 5.74) is 27.6. The number of rotatable bonds is 28. The molecule has 0 unspecified atom stereocenters. The third-order valence-electron chi connectivity index (χ3n) is 8.00. The summed E-state index contributed by atoms with van der Waals surface area (Å²) >= 11 is 1.43. The maximum Gasteiger partial charge on any atom is 0.326 e. The normalized spacial score (nSPS) is 14.5. The Morgan fingerprint density at radius 1 is 0.679 bits per heavy atom. The van der Waals surface area contributed by atoms with Crippen LogP contribution >= 0.6 is 11.8 Å². The highest BCUT2D eigenvalue weighted by Gasteiger charge is 2.33. The van der Waals surface area contributed by atoms with E-state index in [1.54, 1.807) is 13.8 Å². The number of hydrogen-bond donors (Lipinski definition) is 11. The molecule has 19 nitrogen and oxygen atoms in total. The van der Waals surface area contributed by atoms with Gasteiger partial charge in [-0.25, -0.2) is 4.79 Å². The molecule has 304 valence electrons. The molecule has 0 spiro atoms. The quantitative estimate of drug-likeness (QED) is 0.0227. The topological polar surface area (TPSA) is 342 Å². The first-order valence-corrected chi connectivity index (χ1v) is 19.3. The van der Waals surface area contributed by atoms with E-state index in [9.17, 15) is 38.7 Å². The first-order valence-electron chi connectivity index (χ1n) is 17.9. The van der Waals surface area contributed by atoms with Crippen molar-refractivity contribution < 1.29 is 38.7 Å². The van der Waals surface area contributed by atoms with E-state index in [1.807, 2.05) is 20.1 Å². The highest BCUT2D eigenvalue weighted by Crippen LogP contribution is 2.11. The number of aliphatic imine (C=N–C) groups is 1. The number of unbranched alkanes of at least 4 members (excludes halogenated alkanes) is 1. The predicted octanol–water partition coefficient (Wildman–Crippen LogP) is -2.27. The van der Waals surface area contributed by atoms with Crippen molar-refractivity contribution in [1.82, 2.24) is 26.6 Å². The molecule has 0 aliphatic rings. The smallest absolute Gasteiger partial charge is 0.326 e. The highest BCUT2D eigenvalue weighted by molar-refractivity contribution is 7.98. The Morgan fingerprint density at radius 3 is 1.66 bits per heavy atom. The Balaban J connectivity index is 6.16. The number of carboxylic acids is 1. The summed E-state index contributed by atoms with van der Waals surface area (Å²) in [4.78, 5) is 94.3. The fourth-order valence-corrected chi connectivity index (χ4v) is 5.54. The molecule has 0 rings (SSSR count). The summed E-state index contributed by atoms with van der Waals surface area (Å²) in [6.07, 6.45) is 3.04. The van der Waals surface area contributed by atoms with E-state index in [0.717, 1.165) is 0 Å². The molecule has 0 aromatic carbocycles. The second-order valence-corrected chi connectivity index (χ2v) is 14.6. The number of nitrogens with two attached hydrogens (primary N) is 5. The fraction of sp³-hybridized carbons (Fsp3) is 0.758. The number of guanidine groups is 1. The van der Waals surface area contributed by atoms with Crippen molar-refractivity contribution in [2.75, 3.05) is 25.1 Å². The lowest BCUT2D eigenvalue weighted by Gasteiger charge is -2.28. The molecular formula is C33H63N11O8S. The molecule has 0 fully saturated rings. The minimum Gasteiger partial charge on any atom is -0.480 e. The van der Waals surface area contributed by atoms with Crippen LogP contribution < -0.4 is 55.3 Å². The maximum absolute atomic E-state index is 13.7. The van der Waals surface area contributed by atoms with Gasteiger partial charge in [-0.1, -0.05) is 27.7 Å². The van der Waals surface area contributed by atoms with Crippen molar-refractivity contribution in [3.05, 3.63) is 0 Å². The molecule has 0 aliphatic carbocycles. The van der Waals surface area contributed by atoms with Crippen LogP contribution in [0.4, 0.5) is 0 Å². The van der Waals surface area contributed by atoms with Crippen molar-refractivity contribution in [3.8, 4) is 0 Å². The van der Waals surface area contributed by atoms with Crippen LogP contribution in [0.25, 0.3) is 0 Å². The Morgan fingerprint density at radius 2 is 1.19 bits per heavy atom. The molecule has 0 heterocycles. The average molecular weight is 774 g/mol. The van der Waals surface area contributed by atoms with Gasteiger partial charge < -0.3 is 60.4 Å². The van der Waals surface area contributed by atoms with Gasteiger partial charge in [0, 0.05) is 13.0 Å². The number of aliphatic carboxylic acids is 1. The molecular weight excluding hydrogens is 710 g/mol. The monoisotopic (exact) mass is 773 g/mol. The van der Waals surface area contributed by atoms with Crippen LogP contribution in [-0.4, -0.2) is 114 Å². The van der Waals surface area contributed by atoms with E-state index >= 15 is 0 Å². The number of carboxylic acid groups (broad SMARTS) is 1. The second kappa shape index (κ2) is 26.6. The molecule has 6 atom stereocenters. The molecule has 0 aromatic heterocycles. The zero-order valence-electron chi connectivity index (χ0n) is 31.7. The van der Waals surface area contributed by atoms with Gasteiger partial charge in [-0.05, 0) is 81.8 Å². The number of amides is 6. The average Bonchev–Trinajstić information content (AvgIpc) is 3.06. The van der Waals surface area contributed by atoms with Crippen molar-refractivity contribution in [2.24, 2.45) is 45.5 Å². The lowest BCUT2D eigenvalue weighted by molar-refractivity contribution is -0.142. The van der Waals surface area contributed by atoms with Gasteiger partial charge in [0.25, 0.3) is 0 Å². The molecule has 0 aliphatic heterocycles. The van der Waals surface area contributed by atoms with Crippen LogP contribution in [0, 0.1) is 11.8 Å². The van der Waals surface area contributed by atoms with E-state index < -0.39 is 77.7 Å². The van der Waals surface area contributed by atoms with Gasteiger partial charge in [0.2, 0.25) is 35.4 Å². The zero-order chi connectivity index (χ0) is 40.7. The lowest BCUT2D eigenvalue weighted by atomic mass is 10.00. The molecule has 0 aromatic rings. The van der Waals surface area contributed by atoms with Gasteiger partial charge >= 0.3 is 5.97 Å². The number of primary amides is 1. The summed E-state index contributed by atoms with van der Waals surface area (Å²) in [5.74, 6) is -5.48. The number of nitrogens with zero attached hydrogens (tertiary/aromatic N) is 1. The molecule has 16 N–H and O–H groups in total. The number of carbonyl (C=O) groups excluding carboxylic acids is 6. The van der Waals surface area contributed by atoms with E-state index in [1.165, 1.54) is 11.8 Å². The Labute approximate surface area is 316 Å². The summed E-state index contributed by atoms with van der Waals surface area (Å²) in [6.45, 7) is 7.74. The zero-order valence-corrected chi connectivity index (χ0v) is 32.5. The maximum atomic E-state index is 13.7. The number of carbonyl (C=O) groups is 7. The van der Waals surface area contributed by atoms with E-state index in [4.69, 9.17) is 28.7 Å². The van der Waals surface area contributed by atoms with Crippen LogP contribution in [0.1, 0.15) is 85.5 Å². The van der Waals surface area contributed by atoms with Gasteiger partial charge in [0.05, 0.1) is 6.04 Å². The summed E-state index contributed by atoms with van der Waals surface area (Å²) in [5, 5.41) is 22.7. The molecule has 20 heteroatoms. The third kappa shape index (κ3) is 21.2. The molecule has 53 heavy (non-hydrogen) atoms. The fourth-order valence-electron chi connectivity index (χ4n) is 5.07. The van der Waals surface area contributed by atoms with Crippen molar-refractivity contribution in [3.63, 3.8) is 0 Å². The summed E-state index contributed by atoms with van der Waals surface area (Å²) in [7, 11) is 0. The lowest BCUT2D eigenvalue weighted by Crippen LogP contribution is -2.60. The predicted molar refractivity (Wildman–Crippen MR) is 204 cm³/mol. The Hall–Kier alpha value is -4.17. The van der Waals surface area contributed by atoms with Crippen LogP contribution in [0.3, 0.4) is 0 Å². The van der Waals surface area contributed by atoms with Crippen LogP contribution in [0.2, 0.25) is 0 Å². The first kappa shape index (κ1) is 48.8. The molecule has 6 amide bonds. The van der Waals surface area contributed by atoms with Gasteiger partial charge in [-0.15, -0.1) is 0 Å². The van der Waals surface area contributed by atoms with Crippen molar-refractivity contribution >= 4 is 59.1 Å². The molecule has 0 radical (unpaired) electrons. The van der Waals surface area contributed by atoms with Crippen LogP contribution in [0.5, 0.6) is 0 Å². The Bertz CT molecular complexity index is 1230. The molecule has 0 bridgehead atoms. The minimum absolute atomic E-state index is 0.0403. The molecule has 0 saturated carbocycles. The summed E-state index contributed by atoms with van der Waals surface area (Å²) in [6, 6.07) is -6.90. The van der Waals surface area contributed by atoms with Crippen LogP contribution in [0.15, 0.2) is 4.99 Å². The van der Waals surface area contributed by atoms with E-state index in [0.29, 0.717) is 31.6 Å². The first-order chi connectivity index (χ1) is 24.8. The largest absolute Gasteiger partial charge is 0.480 e. The van der Waals surface area contributed by atoms with E-state index in [2.05, 4.69) is 31.6 Å². The number of thioether (sulfide) groups is 1. The van der Waals surface area contributed by atoms with Gasteiger partial charge in [-0.2, -0.15) is 11.8 Å². The number of hydrogen-bond acceptors (Lipinski definition) is 11. The Kier molecular flexibility index (Phi) is 24.5. The van der Waals surface area contributed by atoms with Crippen molar-refractivity contribution in [1.29, 1.82) is 0 Å². The van der Waals surface area contributed by atoms with Gasteiger partial charge in [0.15, 0.2) is 5.96 Å². The summed E-state index contributed by atoms with van der Waals surface area (Å²) < 4.78 is 0. The highest BCUT2D eigenvalue weighted by atomic mass is 32.2. The van der Waals surface area contributed by atoms with Crippen molar-refractivity contribution in [2.45, 2.75) is 122 Å². The van der Waals surface area contributed by atoms with Gasteiger partial charge in [0.1, 0.15) is 30.2 Å². The minimum atomic E-state index is -1.40. The standard InChI is InChI=1S/C33H63N11O8S/c1-18(2)17-20(35)27(46)44-26(19(3)4)31(50)42-23(13-16-53-5)30(49)40-21(9-6-7-14-34)28(47)41-22(11-12-25(36)45)29(48)43-24(32(51)52)10-8-15-39-33(37)38/h18-24,26H,6-17,34-35H2,1-5H3,(H2,36,45)(H,40,49)(H,41,47)(H,42,50)(H,43,48)(H,44,46)(H,51,52)(H4,37,38,39)/t20-,21-,22-,23-,24-,26-/m0/s1.